The first kappa shape index (κ1) is 25.0. The Balaban J connectivity index is 0.00000196. The van der Waals surface area contributed by atoms with Gasteiger partial charge in [0, 0.05) is 0 Å². The van der Waals surface area contributed by atoms with Crippen molar-refractivity contribution < 1.29 is 17.0 Å². The second-order valence-corrected chi connectivity index (χ2v) is 10.4. The Kier molecular flexibility index (Phi) is 11.9. The van der Waals surface area contributed by atoms with E-state index in [9.17, 15) is 0 Å². The zero-order chi connectivity index (χ0) is 18.1. The van der Waals surface area contributed by atoms with Gasteiger partial charge in [-0.25, -0.2) is 0 Å². The van der Waals surface area contributed by atoms with Crippen LogP contribution in [-0.2, 0) is 0 Å². The second kappa shape index (κ2) is 13.3. The van der Waals surface area contributed by atoms with Crippen molar-refractivity contribution in [2.75, 3.05) is 12.7 Å². The van der Waals surface area contributed by atoms with E-state index in [0.29, 0.717) is 0 Å². The molecule has 2 N–H and O–H groups in total. The molecule has 0 aliphatic carbocycles. The third kappa shape index (κ3) is 6.00. The minimum absolute atomic E-state index is 0. The molecule has 0 heterocycles. The largest absolute Gasteiger partial charge is 1.00 e. The fourth-order valence-corrected chi connectivity index (χ4v) is 8.14. The molecule has 3 aromatic rings. The lowest BCUT2D eigenvalue weighted by Gasteiger charge is -2.27. The zero-order valence-corrected chi connectivity index (χ0v) is 20.4. The van der Waals surface area contributed by atoms with Crippen molar-refractivity contribution in [3.63, 3.8) is 0 Å². The van der Waals surface area contributed by atoms with Gasteiger partial charge in [0.05, 0.1) is 6.16 Å². The summed E-state index contributed by atoms with van der Waals surface area (Å²) in [7, 11) is -1.63. The Morgan fingerprint density at radius 1 is 0.536 bits per heavy atom. The second-order valence-electron chi connectivity index (χ2n) is 6.74. The smallest absolute Gasteiger partial charge is 0.112 e. The van der Waals surface area contributed by atoms with Gasteiger partial charge in [-0.05, 0) is 62.2 Å². The molecule has 0 aliphatic rings. The molecule has 0 aliphatic heterocycles. The van der Waals surface area contributed by atoms with Crippen molar-refractivity contribution in [1.82, 2.24) is 0 Å². The van der Waals surface area contributed by atoms with E-state index in [1.165, 1.54) is 41.3 Å². The number of halogens is 2. The van der Waals surface area contributed by atoms with Gasteiger partial charge in [-0.2, -0.15) is 0 Å². The predicted molar refractivity (Wildman–Crippen MR) is 128 cm³/mol. The highest BCUT2D eigenvalue weighted by Gasteiger charge is 2.44. The summed E-state index contributed by atoms with van der Waals surface area (Å²) in [6.07, 6.45) is 6.08. The molecule has 150 valence electrons. The van der Waals surface area contributed by atoms with Gasteiger partial charge in [0.15, 0.2) is 0 Å². The maximum absolute atomic E-state index is 5.68. The van der Waals surface area contributed by atoms with Gasteiger partial charge in [-0.1, -0.05) is 61.0 Å². The maximum Gasteiger partial charge on any atom is 0.112 e. The van der Waals surface area contributed by atoms with Crippen LogP contribution in [0.1, 0.15) is 25.7 Å². The van der Waals surface area contributed by atoms with Crippen molar-refractivity contribution in [3.8, 4) is 0 Å². The first-order valence-corrected chi connectivity index (χ1v) is 11.6. The normalized spacial score (nSPS) is 10.6. The van der Waals surface area contributed by atoms with Crippen molar-refractivity contribution in [1.29, 1.82) is 0 Å². The Morgan fingerprint density at radius 3 is 1.25 bits per heavy atom. The van der Waals surface area contributed by atoms with Crippen LogP contribution < -0.4 is 38.6 Å². The minimum Gasteiger partial charge on any atom is -1.00 e. The molecule has 0 saturated heterocycles. The molecule has 4 heteroatoms. The lowest BCUT2D eigenvalue weighted by atomic mass is 10.2. The summed E-state index contributed by atoms with van der Waals surface area (Å²) in [6.45, 7) is 0.802. The van der Waals surface area contributed by atoms with Crippen molar-refractivity contribution >= 4 is 40.2 Å². The summed E-state index contributed by atoms with van der Waals surface area (Å²) in [4.78, 5) is 0. The third-order valence-corrected chi connectivity index (χ3v) is 9.56. The lowest BCUT2D eigenvalue weighted by molar-refractivity contribution is -0.00000534. The average Bonchev–Trinajstić information content (AvgIpc) is 2.73. The van der Waals surface area contributed by atoms with Gasteiger partial charge in [0.2, 0.25) is 0 Å². The van der Waals surface area contributed by atoms with E-state index in [-0.39, 0.29) is 34.0 Å². The predicted octanol–water partition coefficient (Wildman–Crippen LogP) is 2.08. The van der Waals surface area contributed by atoms with E-state index >= 15 is 0 Å². The first-order chi connectivity index (χ1) is 12.9. The zero-order valence-electron chi connectivity index (χ0n) is 16.2. The molecule has 0 unspecified atom stereocenters. The minimum atomic E-state index is -1.63. The number of hydrogen-bond acceptors (Lipinski definition) is 1. The van der Waals surface area contributed by atoms with Crippen LogP contribution in [0.3, 0.4) is 0 Å². The van der Waals surface area contributed by atoms with E-state index in [1.807, 2.05) is 0 Å². The van der Waals surface area contributed by atoms with E-state index in [1.54, 1.807) is 0 Å². The highest BCUT2D eigenvalue weighted by molar-refractivity contribution is 8.93. The standard InChI is InChI=1S/C24H29NP.2BrH/c25-20-12-1-2-13-21-26(22-14-6-3-7-15-22,23-16-8-4-9-17-23)24-18-10-5-11-19-24;;/h3-11,14-19H,1-2,12-13,20-21,25H2;2*1H/q+1;;/p-1. The molecule has 0 amide bonds. The van der Waals surface area contributed by atoms with Crippen molar-refractivity contribution in [2.45, 2.75) is 25.7 Å². The maximum atomic E-state index is 5.68. The Hall–Kier alpha value is -0.990. The molecule has 0 aromatic heterocycles. The Morgan fingerprint density at radius 2 is 0.893 bits per heavy atom. The number of benzene rings is 3. The highest BCUT2D eigenvalue weighted by Crippen LogP contribution is 2.55. The van der Waals surface area contributed by atoms with Crippen molar-refractivity contribution in [2.24, 2.45) is 5.73 Å². The van der Waals surface area contributed by atoms with Gasteiger partial charge in [-0.3, -0.25) is 0 Å². The summed E-state index contributed by atoms with van der Waals surface area (Å²) in [5.41, 5.74) is 5.68. The van der Waals surface area contributed by atoms with Gasteiger partial charge in [0.1, 0.15) is 23.2 Å². The molecule has 0 bridgehead atoms. The molecule has 0 radical (unpaired) electrons. The molecule has 1 nitrogen and oxygen atoms in total. The summed E-state index contributed by atoms with van der Waals surface area (Å²) in [5.74, 6) is 0. The van der Waals surface area contributed by atoms with Crippen LogP contribution >= 0.6 is 24.2 Å². The average molecular weight is 523 g/mol. The van der Waals surface area contributed by atoms with E-state index in [0.717, 1.165) is 13.0 Å². The van der Waals surface area contributed by atoms with Crippen LogP contribution in [-0.4, -0.2) is 12.7 Å². The van der Waals surface area contributed by atoms with Gasteiger partial charge in [-0.15, -0.1) is 17.0 Å². The lowest BCUT2D eigenvalue weighted by Crippen LogP contribution is -3.00. The summed E-state index contributed by atoms with van der Waals surface area (Å²) in [5, 5.41) is 4.45. The van der Waals surface area contributed by atoms with Crippen LogP contribution in [0.2, 0.25) is 0 Å². The number of hydrogen-bond donors (Lipinski definition) is 1. The van der Waals surface area contributed by atoms with Crippen LogP contribution in [0.4, 0.5) is 0 Å². The molecule has 28 heavy (non-hydrogen) atoms. The molecular formula is C24H30Br2NP. The van der Waals surface area contributed by atoms with Crippen LogP contribution in [0, 0.1) is 0 Å². The van der Waals surface area contributed by atoms with Gasteiger partial charge >= 0.3 is 0 Å². The monoisotopic (exact) mass is 521 g/mol. The fourth-order valence-electron chi connectivity index (χ4n) is 3.73. The van der Waals surface area contributed by atoms with Gasteiger partial charge < -0.3 is 22.7 Å². The third-order valence-electron chi connectivity index (χ3n) is 5.04. The molecule has 0 atom stereocenters. The van der Waals surface area contributed by atoms with E-state index in [4.69, 9.17) is 5.73 Å². The Labute approximate surface area is 191 Å². The highest BCUT2D eigenvalue weighted by atomic mass is 79.9. The van der Waals surface area contributed by atoms with Gasteiger partial charge in [0.25, 0.3) is 0 Å². The van der Waals surface area contributed by atoms with Crippen LogP contribution in [0.5, 0.6) is 0 Å². The molecule has 0 saturated carbocycles. The fraction of sp³-hybridized carbons (Fsp3) is 0.250. The van der Waals surface area contributed by atoms with Crippen LogP contribution in [0.15, 0.2) is 91.0 Å². The first-order valence-electron chi connectivity index (χ1n) is 9.63. The van der Waals surface area contributed by atoms with Crippen molar-refractivity contribution in [3.05, 3.63) is 91.0 Å². The molecule has 0 spiro atoms. The molecule has 0 fully saturated rings. The topological polar surface area (TPSA) is 26.0 Å². The summed E-state index contributed by atoms with van der Waals surface area (Å²) < 4.78 is 0. The quantitative estimate of drug-likeness (QED) is 0.338. The van der Waals surface area contributed by atoms with E-state index < -0.39 is 7.26 Å². The SMILES string of the molecule is Br.NCCCCCC[P+](c1ccccc1)(c1ccccc1)c1ccccc1.[Br-]. The van der Waals surface area contributed by atoms with E-state index in [2.05, 4.69) is 91.0 Å². The number of unbranched alkanes of at least 4 members (excludes halogenated alkanes) is 3. The number of nitrogens with two attached hydrogens (primary N) is 1. The summed E-state index contributed by atoms with van der Waals surface area (Å²) >= 11 is 0. The Bertz CT molecular complexity index is 670. The number of rotatable bonds is 9. The molecular weight excluding hydrogens is 493 g/mol. The summed E-state index contributed by atoms with van der Waals surface area (Å²) in [6, 6.07) is 33.4. The molecule has 3 rings (SSSR count). The molecule has 3 aromatic carbocycles. The van der Waals surface area contributed by atoms with Crippen LogP contribution in [0.25, 0.3) is 0 Å².